The van der Waals surface area contributed by atoms with Crippen molar-refractivity contribution in [2.45, 2.75) is 11.8 Å². The van der Waals surface area contributed by atoms with Crippen LogP contribution in [0.5, 0.6) is 17.2 Å². The fourth-order valence-corrected chi connectivity index (χ4v) is 2.62. The largest absolute Gasteiger partial charge is 0.497 e. The highest BCUT2D eigenvalue weighted by molar-refractivity contribution is 7.87. The molecule has 0 saturated heterocycles. The fraction of sp³-hybridized carbons (Fsp3) is 0.200. The molecule has 0 aliphatic rings. The van der Waals surface area contributed by atoms with Gasteiger partial charge in [-0.05, 0) is 43.3 Å². The number of ether oxygens (including phenoxy) is 2. The van der Waals surface area contributed by atoms with Crippen molar-refractivity contribution in [1.29, 1.82) is 0 Å². The van der Waals surface area contributed by atoms with E-state index in [9.17, 15) is 8.42 Å². The first-order valence-electron chi connectivity index (χ1n) is 6.36. The second-order valence-corrected chi connectivity index (χ2v) is 5.67. The van der Waals surface area contributed by atoms with E-state index in [1.165, 1.54) is 25.3 Å². The lowest BCUT2D eigenvalue weighted by Crippen LogP contribution is -2.09. The van der Waals surface area contributed by atoms with Gasteiger partial charge in [0.2, 0.25) is 0 Å². The van der Waals surface area contributed by atoms with E-state index in [2.05, 4.69) is 0 Å². The average molecular weight is 308 g/mol. The summed E-state index contributed by atoms with van der Waals surface area (Å²) in [5, 5.41) is 0. The molecule has 2 rings (SSSR count). The maximum atomic E-state index is 12.2. The summed E-state index contributed by atoms with van der Waals surface area (Å²) in [4.78, 5) is 0.0637. The van der Waals surface area contributed by atoms with Gasteiger partial charge >= 0.3 is 10.1 Å². The third kappa shape index (κ3) is 3.88. The first kappa shape index (κ1) is 15.2. The van der Waals surface area contributed by atoms with Gasteiger partial charge in [0, 0.05) is 6.07 Å². The molecule has 21 heavy (non-hydrogen) atoms. The van der Waals surface area contributed by atoms with E-state index in [4.69, 9.17) is 13.7 Å². The van der Waals surface area contributed by atoms with Crippen LogP contribution in [-0.4, -0.2) is 22.1 Å². The van der Waals surface area contributed by atoms with Gasteiger partial charge < -0.3 is 13.7 Å². The van der Waals surface area contributed by atoms with Crippen LogP contribution in [0.4, 0.5) is 0 Å². The van der Waals surface area contributed by atoms with Crippen LogP contribution in [0.2, 0.25) is 0 Å². The zero-order valence-corrected chi connectivity index (χ0v) is 12.6. The number of hydrogen-bond donors (Lipinski definition) is 0. The minimum Gasteiger partial charge on any atom is -0.497 e. The van der Waals surface area contributed by atoms with E-state index in [0.29, 0.717) is 18.1 Å². The SMILES string of the molecule is CCOc1ccc(S(=O)(=O)Oc2cccc(OC)c2)cc1. The van der Waals surface area contributed by atoms with Crippen molar-refractivity contribution in [3.63, 3.8) is 0 Å². The predicted octanol–water partition coefficient (Wildman–Crippen LogP) is 2.86. The smallest absolute Gasteiger partial charge is 0.339 e. The minimum atomic E-state index is -3.88. The molecule has 0 saturated carbocycles. The van der Waals surface area contributed by atoms with Gasteiger partial charge in [-0.3, -0.25) is 0 Å². The minimum absolute atomic E-state index is 0.0637. The van der Waals surface area contributed by atoms with E-state index in [1.807, 2.05) is 6.92 Å². The molecule has 0 fully saturated rings. The Labute approximate surface area is 124 Å². The highest BCUT2D eigenvalue weighted by Crippen LogP contribution is 2.24. The third-order valence-corrected chi connectivity index (χ3v) is 3.93. The molecule has 0 unspecified atom stereocenters. The highest BCUT2D eigenvalue weighted by Gasteiger charge is 2.17. The van der Waals surface area contributed by atoms with Crippen LogP contribution in [0.25, 0.3) is 0 Å². The van der Waals surface area contributed by atoms with E-state index < -0.39 is 10.1 Å². The van der Waals surface area contributed by atoms with E-state index >= 15 is 0 Å². The van der Waals surface area contributed by atoms with Crippen molar-refractivity contribution in [3.8, 4) is 17.2 Å². The summed E-state index contributed by atoms with van der Waals surface area (Å²) < 4.78 is 39.7. The summed E-state index contributed by atoms with van der Waals surface area (Å²) in [7, 11) is -2.38. The zero-order valence-electron chi connectivity index (χ0n) is 11.8. The van der Waals surface area contributed by atoms with Crippen LogP contribution in [-0.2, 0) is 10.1 Å². The molecule has 0 radical (unpaired) electrons. The van der Waals surface area contributed by atoms with Crippen LogP contribution in [0.1, 0.15) is 6.92 Å². The zero-order chi connectivity index (χ0) is 15.3. The highest BCUT2D eigenvalue weighted by atomic mass is 32.2. The molecule has 0 aliphatic carbocycles. The molecule has 6 heteroatoms. The molecule has 0 atom stereocenters. The van der Waals surface area contributed by atoms with Crippen molar-refractivity contribution < 1.29 is 22.1 Å². The van der Waals surface area contributed by atoms with Gasteiger partial charge in [-0.1, -0.05) is 6.07 Å². The van der Waals surface area contributed by atoms with Crippen molar-refractivity contribution >= 4 is 10.1 Å². The Morgan fingerprint density at radius 2 is 1.62 bits per heavy atom. The molecular formula is C15H16O5S. The summed E-state index contributed by atoms with van der Waals surface area (Å²) in [6.07, 6.45) is 0. The molecule has 2 aromatic carbocycles. The van der Waals surface area contributed by atoms with Gasteiger partial charge in [-0.15, -0.1) is 0 Å². The standard InChI is InChI=1S/C15H16O5S/c1-3-19-12-7-9-15(10-8-12)21(16,17)20-14-6-4-5-13(11-14)18-2/h4-11H,3H2,1-2H3. The van der Waals surface area contributed by atoms with E-state index in [1.54, 1.807) is 30.3 Å². The number of hydrogen-bond acceptors (Lipinski definition) is 5. The van der Waals surface area contributed by atoms with Crippen LogP contribution in [0.15, 0.2) is 53.4 Å². The third-order valence-electron chi connectivity index (χ3n) is 2.67. The predicted molar refractivity (Wildman–Crippen MR) is 78.4 cm³/mol. The van der Waals surface area contributed by atoms with Gasteiger partial charge in [-0.25, -0.2) is 0 Å². The van der Waals surface area contributed by atoms with Crippen molar-refractivity contribution in [3.05, 3.63) is 48.5 Å². The Bertz CT molecular complexity index is 692. The summed E-state index contributed by atoms with van der Waals surface area (Å²) >= 11 is 0. The maximum Gasteiger partial charge on any atom is 0.339 e. The van der Waals surface area contributed by atoms with Gasteiger partial charge in [0.15, 0.2) is 0 Å². The van der Waals surface area contributed by atoms with Gasteiger partial charge in [0.05, 0.1) is 13.7 Å². The maximum absolute atomic E-state index is 12.2. The molecule has 0 spiro atoms. The van der Waals surface area contributed by atoms with Crippen LogP contribution in [0, 0.1) is 0 Å². The monoisotopic (exact) mass is 308 g/mol. The number of rotatable bonds is 6. The first-order chi connectivity index (χ1) is 10.0. The number of methoxy groups -OCH3 is 1. The second-order valence-electron chi connectivity index (χ2n) is 4.12. The van der Waals surface area contributed by atoms with Crippen LogP contribution in [0.3, 0.4) is 0 Å². The molecule has 5 nitrogen and oxygen atoms in total. The van der Waals surface area contributed by atoms with Gasteiger partial charge in [0.1, 0.15) is 22.1 Å². The van der Waals surface area contributed by atoms with Crippen LogP contribution >= 0.6 is 0 Å². The number of benzene rings is 2. The molecule has 0 aliphatic heterocycles. The van der Waals surface area contributed by atoms with Crippen molar-refractivity contribution in [2.24, 2.45) is 0 Å². The molecule has 112 valence electrons. The lowest BCUT2D eigenvalue weighted by Gasteiger charge is -2.09. The molecule has 0 bridgehead atoms. The quantitative estimate of drug-likeness (QED) is 0.768. The summed E-state index contributed by atoms with van der Waals surface area (Å²) in [6, 6.07) is 12.5. The van der Waals surface area contributed by atoms with Gasteiger partial charge in [-0.2, -0.15) is 8.42 Å². The van der Waals surface area contributed by atoms with Crippen LogP contribution < -0.4 is 13.7 Å². The lowest BCUT2D eigenvalue weighted by atomic mass is 10.3. The Kier molecular flexibility index (Phi) is 4.70. The summed E-state index contributed by atoms with van der Waals surface area (Å²) in [5.74, 6) is 1.33. The van der Waals surface area contributed by atoms with Crippen molar-refractivity contribution in [1.82, 2.24) is 0 Å². The van der Waals surface area contributed by atoms with E-state index in [0.717, 1.165) is 0 Å². The normalized spacial score (nSPS) is 11.0. The Morgan fingerprint density at radius 1 is 0.952 bits per heavy atom. The Balaban J connectivity index is 2.21. The Morgan fingerprint density at radius 3 is 2.24 bits per heavy atom. The second kappa shape index (κ2) is 6.49. The lowest BCUT2D eigenvalue weighted by molar-refractivity contribution is 0.340. The molecule has 0 N–H and O–H groups in total. The fourth-order valence-electron chi connectivity index (χ4n) is 1.70. The first-order valence-corrected chi connectivity index (χ1v) is 7.77. The average Bonchev–Trinajstić information content (AvgIpc) is 2.48. The molecule has 2 aromatic rings. The topological polar surface area (TPSA) is 61.8 Å². The summed E-state index contributed by atoms with van der Waals surface area (Å²) in [6.45, 7) is 2.38. The molecule has 0 heterocycles. The van der Waals surface area contributed by atoms with E-state index in [-0.39, 0.29) is 10.6 Å². The molecule has 0 aromatic heterocycles. The molecular weight excluding hydrogens is 292 g/mol. The summed E-state index contributed by atoms with van der Waals surface area (Å²) in [5.41, 5.74) is 0. The Hall–Kier alpha value is -2.21. The van der Waals surface area contributed by atoms with Gasteiger partial charge in [0.25, 0.3) is 0 Å². The molecule has 0 amide bonds. The van der Waals surface area contributed by atoms with Crippen molar-refractivity contribution in [2.75, 3.05) is 13.7 Å².